The van der Waals surface area contributed by atoms with Gasteiger partial charge in [-0.3, -0.25) is 0 Å². The molecule has 2 rings (SSSR count). The number of fused-ring (bicyclic) bond motifs is 1. The Morgan fingerprint density at radius 1 is 1.00 bits per heavy atom. The topological polar surface area (TPSA) is 9.23 Å². The molecule has 0 fully saturated rings. The molecule has 0 saturated heterocycles. The molecule has 0 N–H and O–H groups in total. The standard InChI is InChI=1S/C13H11O/c1-2-10-14-13-9-5-7-11-6-3-4-8-12(11)13/h2-10H,1H2. The smallest absolute Gasteiger partial charge is 0.134 e. The average molecular weight is 183 g/mol. The Morgan fingerprint density at radius 3 is 2.64 bits per heavy atom. The first-order valence-corrected chi connectivity index (χ1v) is 4.50. The molecule has 1 nitrogen and oxygen atoms in total. The third-order valence-electron chi connectivity index (χ3n) is 2.04. The van der Waals surface area contributed by atoms with Crippen LogP contribution in [-0.2, 0) is 0 Å². The largest absolute Gasteiger partial charge is 0.465 e. The quantitative estimate of drug-likeness (QED) is 0.647. The molecule has 0 aliphatic carbocycles. The first kappa shape index (κ1) is 8.82. The first-order valence-electron chi connectivity index (χ1n) is 4.50. The lowest BCUT2D eigenvalue weighted by Crippen LogP contribution is -1.83. The molecule has 2 aromatic carbocycles. The molecule has 0 aromatic heterocycles. The first-order chi connectivity index (χ1) is 6.92. The maximum absolute atomic E-state index is 5.43. The van der Waals surface area contributed by atoms with Crippen molar-refractivity contribution >= 4 is 10.8 Å². The number of hydrogen-bond acceptors (Lipinski definition) is 1. The summed E-state index contributed by atoms with van der Waals surface area (Å²) in [5, 5.41) is 2.30. The molecular formula is C13H11O. The van der Waals surface area contributed by atoms with Crippen molar-refractivity contribution in [2.24, 2.45) is 0 Å². The fourth-order valence-corrected chi connectivity index (χ4v) is 1.42. The highest BCUT2D eigenvalue weighted by Gasteiger charge is 1.98. The van der Waals surface area contributed by atoms with E-state index in [-0.39, 0.29) is 0 Å². The third kappa shape index (κ3) is 1.62. The van der Waals surface area contributed by atoms with Crippen molar-refractivity contribution in [2.45, 2.75) is 0 Å². The van der Waals surface area contributed by atoms with Gasteiger partial charge in [0.05, 0.1) is 6.26 Å². The lowest BCUT2D eigenvalue weighted by molar-refractivity contribution is 0.487. The van der Waals surface area contributed by atoms with Crippen LogP contribution in [0.2, 0.25) is 0 Å². The summed E-state index contributed by atoms with van der Waals surface area (Å²) in [6.45, 7) is 3.58. The molecule has 0 amide bonds. The monoisotopic (exact) mass is 183 g/mol. The van der Waals surface area contributed by atoms with Gasteiger partial charge < -0.3 is 4.74 Å². The molecule has 1 radical (unpaired) electrons. The second-order valence-electron chi connectivity index (χ2n) is 2.97. The van der Waals surface area contributed by atoms with Crippen LogP contribution < -0.4 is 4.74 Å². The van der Waals surface area contributed by atoms with E-state index >= 15 is 0 Å². The molecule has 0 aliphatic heterocycles. The van der Waals surface area contributed by atoms with E-state index in [0.29, 0.717) is 0 Å². The number of benzene rings is 2. The maximum atomic E-state index is 5.43. The number of allylic oxidation sites excluding steroid dienone is 1. The van der Waals surface area contributed by atoms with E-state index in [1.807, 2.05) is 30.3 Å². The van der Waals surface area contributed by atoms with Crippen molar-refractivity contribution < 1.29 is 4.74 Å². The molecule has 69 valence electrons. The minimum Gasteiger partial charge on any atom is -0.465 e. The van der Waals surface area contributed by atoms with Gasteiger partial charge in [-0.2, -0.15) is 0 Å². The highest BCUT2D eigenvalue weighted by molar-refractivity contribution is 5.88. The van der Waals surface area contributed by atoms with Crippen LogP contribution in [0.5, 0.6) is 5.75 Å². The predicted octanol–water partition coefficient (Wildman–Crippen LogP) is 3.57. The zero-order valence-electron chi connectivity index (χ0n) is 7.81. The van der Waals surface area contributed by atoms with Crippen LogP contribution in [0.3, 0.4) is 0 Å². The van der Waals surface area contributed by atoms with Crippen LogP contribution in [0, 0.1) is 6.92 Å². The molecule has 0 aliphatic rings. The van der Waals surface area contributed by atoms with Crippen LogP contribution in [0.15, 0.2) is 54.8 Å². The zero-order valence-corrected chi connectivity index (χ0v) is 7.81. The molecule has 0 heterocycles. The van der Waals surface area contributed by atoms with E-state index in [1.54, 1.807) is 12.3 Å². The Balaban J connectivity index is 2.53. The Kier molecular flexibility index (Phi) is 2.50. The van der Waals surface area contributed by atoms with Crippen LogP contribution in [0.1, 0.15) is 0 Å². The summed E-state index contributed by atoms with van der Waals surface area (Å²) in [6, 6.07) is 14.1. The minimum atomic E-state index is 0.864. The van der Waals surface area contributed by atoms with Gasteiger partial charge in [-0.15, -0.1) is 0 Å². The van der Waals surface area contributed by atoms with Crippen molar-refractivity contribution in [2.75, 3.05) is 0 Å². The SMILES string of the molecule is [CH2]C=COc1cccc2ccccc12. The Morgan fingerprint density at radius 2 is 1.79 bits per heavy atom. The van der Waals surface area contributed by atoms with Crippen molar-refractivity contribution in [3.05, 3.63) is 61.7 Å². The normalized spacial score (nSPS) is 10.9. The molecule has 2 aromatic rings. The summed E-state index contributed by atoms with van der Waals surface area (Å²) < 4.78 is 5.43. The highest BCUT2D eigenvalue weighted by Crippen LogP contribution is 2.25. The molecule has 0 saturated carbocycles. The van der Waals surface area contributed by atoms with Gasteiger partial charge in [0.2, 0.25) is 0 Å². The summed E-state index contributed by atoms with van der Waals surface area (Å²) in [6.07, 6.45) is 3.21. The fraction of sp³-hybridized carbons (Fsp3) is 0. The third-order valence-corrected chi connectivity index (χ3v) is 2.04. The Hall–Kier alpha value is -1.76. The summed E-state index contributed by atoms with van der Waals surface area (Å²) >= 11 is 0. The highest BCUT2D eigenvalue weighted by atomic mass is 16.5. The number of rotatable bonds is 2. The number of ether oxygens (including phenoxy) is 1. The second kappa shape index (κ2) is 3.97. The van der Waals surface area contributed by atoms with E-state index in [2.05, 4.69) is 19.1 Å². The Labute approximate surface area is 83.6 Å². The van der Waals surface area contributed by atoms with Crippen LogP contribution in [-0.4, -0.2) is 0 Å². The van der Waals surface area contributed by atoms with Gasteiger partial charge in [-0.25, -0.2) is 0 Å². The second-order valence-corrected chi connectivity index (χ2v) is 2.97. The van der Waals surface area contributed by atoms with Gasteiger partial charge in [0.15, 0.2) is 0 Å². The minimum absolute atomic E-state index is 0.864. The van der Waals surface area contributed by atoms with Crippen molar-refractivity contribution in [1.82, 2.24) is 0 Å². The van der Waals surface area contributed by atoms with Crippen LogP contribution >= 0.6 is 0 Å². The van der Waals surface area contributed by atoms with Crippen LogP contribution in [0.4, 0.5) is 0 Å². The molecule has 0 unspecified atom stereocenters. The molecule has 0 spiro atoms. The van der Waals surface area contributed by atoms with Gasteiger partial charge in [0.1, 0.15) is 5.75 Å². The summed E-state index contributed by atoms with van der Waals surface area (Å²) in [7, 11) is 0. The molecule has 1 heteroatoms. The van der Waals surface area contributed by atoms with Gasteiger partial charge in [-0.1, -0.05) is 36.4 Å². The van der Waals surface area contributed by atoms with E-state index in [1.165, 1.54) is 5.39 Å². The molecule has 0 atom stereocenters. The maximum Gasteiger partial charge on any atom is 0.134 e. The van der Waals surface area contributed by atoms with Gasteiger partial charge in [0.25, 0.3) is 0 Å². The Bertz CT molecular complexity index is 452. The zero-order chi connectivity index (χ0) is 9.80. The van der Waals surface area contributed by atoms with E-state index in [9.17, 15) is 0 Å². The van der Waals surface area contributed by atoms with Gasteiger partial charge >= 0.3 is 0 Å². The molecular weight excluding hydrogens is 172 g/mol. The average Bonchev–Trinajstić information content (AvgIpc) is 2.26. The molecule has 14 heavy (non-hydrogen) atoms. The predicted molar refractivity (Wildman–Crippen MR) is 59.1 cm³/mol. The summed E-state index contributed by atoms with van der Waals surface area (Å²) in [5.74, 6) is 0.864. The van der Waals surface area contributed by atoms with E-state index in [4.69, 9.17) is 4.74 Å². The van der Waals surface area contributed by atoms with E-state index < -0.39 is 0 Å². The summed E-state index contributed by atoms with van der Waals surface area (Å²) in [5.41, 5.74) is 0. The van der Waals surface area contributed by atoms with Gasteiger partial charge in [-0.05, 0) is 24.5 Å². The molecule has 0 bridgehead atoms. The summed E-state index contributed by atoms with van der Waals surface area (Å²) in [4.78, 5) is 0. The fourth-order valence-electron chi connectivity index (χ4n) is 1.42. The van der Waals surface area contributed by atoms with Crippen molar-refractivity contribution in [3.63, 3.8) is 0 Å². The van der Waals surface area contributed by atoms with Gasteiger partial charge in [0, 0.05) is 5.39 Å². The van der Waals surface area contributed by atoms with Crippen LogP contribution in [0.25, 0.3) is 10.8 Å². The lowest BCUT2D eigenvalue weighted by atomic mass is 10.1. The van der Waals surface area contributed by atoms with Crippen molar-refractivity contribution in [1.29, 1.82) is 0 Å². The number of hydrogen-bond donors (Lipinski definition) is 0. The van der Waals surface area contributed by atoms with Crippen molar-refractivity contribution in [3.8, 4) is 5.75 Å². The lowest BCUT2D eigenvalue weighted by Gasteiger charge is -2.04. The van der Waals surface area contributed by atoms with E-state index in [0.717, 1.165) is 11.1 Å².